The van der Waals surface area contributed by atoms with E-state index in [1.54, 1.807) is 0 Å². The van der Waals surface area contributed by atoms with Crippen LogP contribution in [0.4, 0.5) is 5.69 Å². The van der Waals surface area contributed by atoms with Gasteiger partial charge in [-0.15, -0.1) is 69.6 Å². The molecule has 2 aliphatic rings. The highest BCUT2D eigenvalue weighted by Gasteiger charge is 2.46. The summed E-state index contributed by atoms with van der Waals surface area (Å²) in [6, 6.07) is 10.7. The zero-order valence-corrected chi connectivity index (χ0v) is 21.5. The van der Waals surface area contributed by atoms with Crippen LogP contribution in [0.2, 0.25) is 0 Å². The molecular weight excluding hydrogens is 483 g/mol. The first-order valence-electron chi connectivity index (χ1n) is 7.49. The second-order valence-corrected chi connectivity index (χ2v) is 16.0. The third-order valence-corrected chi connectivity index (χ3v) is 14.5. The molecule has 1 aromatic carbocycles. The normalized spacial score (nSPS) is 39.7. The smallest absolute Gasteiger partial charge is 0.185 e. The maximum Gasteiger partial charge on any atom is 0.185 e. The highest BCUT2D eigenvalue weighted by Crippen LogP contribution is 2.39. The van der Waals surface area contributed by atoms with Crippen LogP contribution in [0.1, 0.15) is 0 Å². The minimum Gasteiger partial charge on any atom is -0.411 e. The first-order chi connectivity index (χ1) is 11.4. The van der Waals surface area contributed by atoms with Gasteiger partial charge < -0.3 is 13.5 Å². The Morgan fingerprint density at radius 1 is 0.667 bits per heavy atom. The van der Waals surface area contributed by atoms with E-state index in [0.717, 1.165) is 0 Å². The van der Waals surface area contributed by atoms with Crippen molar-refractivity contribution in [1.29, 1.82) is 0 Å². The zero-order chi connectivity index (χ0) is 17.7. The van der Waals surface area contributed by atoms with E-state index in [0.29, 0.717) is 0 Å². The van der Waals surface area contributed by atoms with E-state index in [1.165, 1.54) is 5.69 Å². The number of rotatable bonds is 1. The Hall–Kier alpha value is 1.33. The second-order valence-electron chi connectivity index (χ2n) is 5.53. The monoisotopic (exact) mass is 499 g/mol. The summed E-state index contributed by atoms with van der Waals surface area (Å²) in [4.78, 5) is 0. The molecule has 0 aromatic heterocycles. The molecule has 2 fully saturated rings. The van der Waals surface area contributed by atoms with Crippen LogP contribution in [0.15, 0.2) is 30.3 Å². The van der Waals surface area contributed by atoms with E-state index in [4.69, 9.17) is 69.6 Å². The van der Waals surface area contributed by atoms with Crippen molar-refractivity contribution >= 4 is 105 Å². The number of benzene rings is 1. The summed E-state index contributed by atoms with van der Waals surface area (Å²) in [6.45, 7) is 0. The fourth-order valence-electron chi connectivity index (χ4n) is 2.40. The fourth-order valence-corrected chi connectivity index (χ4v) is 14.2. The van der Waals surface area contributed by atoms with Gasteiger partial charge in [0.05, 0.1) is 32.3 Å². The van der Waals surface area contributed by atoms with E-state index in [9.17, 15) is 0 Å². The van der Waals surface area contributed by atoms with Crippen LogP contribution in [0.3, 0.4) is 0 Å². The van der Waals surface area contributed by atoms with E-state index >= 15 is 0 Å². The molecule has 2 N–H and O–H groups in total. The van der Waals surface area contributed by atoms with Crippen LogP contribution in [-0.2, 0) is 0 Å². The molecule has 1 heterocycles. The Morgan fingerprint density at radius 3 is 1.42 bits per heavy atom. The van der Waals surface area contributed by atoms with Gasteiger partial charge in [0.15, 0.2) is 29.5 Å². The van der Waals surface area contributed by atoms with Gasteiger partial charge in [-0.25, -0.2) is 0 Å². The maximum atomic E-state index is 5.88. The Labute approximate surface area is 179 Å². The highest BCUT2D eigenvalue weighted by atomic mass is 35.5. The van der Waals surface area contributed by atoms with Crippen molar-refractivity contribution in [2.45, 2.75) is 32.3 Å². The van der Waals surface area contributed by atoms with Crippen molar-refractivity contribution in [3.8, 4) is 0 Å². The van der Waals surface area contributed by atoms with Crippen LogP contribution < -0.4 is 13.5 Å². The molecule has 0 radical (unpaired) electrons. The molecule has 12 heteroatoms. The Balaban J connectivity index is 0.000000174. The molecule has 136 valence electrons. The lowest BCUT2D eigenvalue weighted by Gasteiger charge is -2.37. The number of para-hydroxylation sites is 1. The average Bonchev–Trinajstić information content (AvgIpc) is 2.65. The highest BCUT2D eigenvalue weighted by molar-refractivity contribution is 6.73. The summed E-state index contributed by atoms with van der Waals surface area (Å²) in [5.74, 6) is 0. The van der Waals surface area contributed by atoms with Crippen molar-refractivity contribution in [2.24, 2.45) is 0 Å². The Morgan fingerprint density at radius 2 is 1.04 bits per heavy atom. The van der Waals surface area contributed by atoms with E-state index in [2.05, 4.69) is 43.9 Å². The number of hydrogen-bond acceptors (Lipinski definition) is 3. The van der Waals surface area contributed by atoms with Crippen LogP contribution in [0, 0.1) is 0 Å². The van der Waals surface area contributed by atoms with Gasteiger partial charge in [-0.3, -0.25) is 0 Å². The standard InChI is InChI=1S/C6H6Cl6.C6H13N3Si3/c7-1-2(8)4(10)6(12)5(11)3(1)9;1-2-4-6(5-3-1)9-11-7-10-8-12-9/h1-6H;1-5,7-8H,10-12H2/t1-,2-,3-,4+,5+,6+;. The first-order valence-corrected chi connectivity index (χ1v) is 14.2. The van der Waals surface area contributed by atoms with Gasteiger partial charge in [0.25, 0.3) is 0 Å². The molecule has 0 spiro atoms. The molecule has 0 bridgehead atoms. The number of anilines is 1. The van der Waals surface area contributed by atoms with Gasteiger partial charge in [-0.05, 0) is 12.1 Å². The molecule has 24 heavy (non-hydrogen) atoms. The molecule has 1 saturated heterocycles. The SMILES string of the molecule is Cl[C@H]1[C@H](Cl)[C@@H](Cl)[C@@H](Cl)[C@H](Cl)[C@H]1Cl.c1ccc(N2[SiH2]N[SiH2]N[SiH2]2)cc1. The molecule has 3 nitrogen and oxygen atoms in total. The lowest BCUT2D eigenvalue weighted by atomic mass is 9.97. The second kappa shape index (κ2) is 10.6. The van der Waals surface area contributed by atoms with Crippen molar-refractivity contribution in [2.75, 3.05) is 4.23 Å². The third kappa shape index (κ3) is 5.66. The number of nitrogens with zero attached hydrogens (tertiary/aromatic N) is 1. The van der Waals surface area contributed by atoms with Gasteiger partial charge in [0.2, 0.25) is 0 Å². The summed E-state index contributed by atoms with van der Waals surface area (Å²) in [5.41, 5.74) is 1.41. The van der Waals surface area contributed by atoms with Crippen LogP contribution in [-0.4, -0.2) is 61.8 Å². The molecule has 1 aliphatic heterocycles. The van der Waals surface area contributed by atoms with Gasteiger partial charge in [-0.2, -0.15) is 0 Å². The number of nitrogens with one attached hydrogen (secondary N) is 2. The number of hydrogen-bond donors (Lipinski definition) is 2. The summed E-state index contributed by atoms with van der Waals surface area (Å²) in [7, 11) is -0.309. The van der Waals surface area contributed by atoms with Crippen molar-refractivity contribution in [3.63, 3.8) is 0 Å². The Kier molecular flexibility index (Phi) is 9.56. The minimum absolute atomic E-state index is 0.0464. The predicted molar refractivity (Wildman–Crippen MR) is 119 cm³/mol. The summed E-state index contributed by atoms with van der Waals surface area (Å²) >= 11 is 35.3. The lowest BCUT2D eigenvalue weighted by Crippen LogP contribution is -2.58. The van der Waals surface area contributed by atoms with E-state index in [-0.39, 0.29) is 29.5 Å². The van der Waals surface area contributed by atoms with Crippen LogP contribution in [0.25, 0.3) is 0 Å². The molecule has 1 saturated carbocycles. The van der Waals surface area contributed by atoms with Crippen LogP contribution in [0.5, 0.6) is 0 Å². The van der Waals surface area contributed by atoms with Crippen molar-refractivity contribution in [1.82, 2.24) is 9.30 Å². The maximum absolute atomic E-state index is 5.88. The van der Waals surface area contributed by atoms with Gasteiger partial charge in [0.1, 0.15) is 0 Å². The van der Waals surface area contributed by atoms with E-state index in [1.807, 2.05) is 0 Å². The molecule has 0 unspecified atom stereocenters. The third-order valence-electron chi connectivity index (χ3n) is 3.80. The van der Waals surface area contributed by atoms with Crippen LogP contribution >= 0.6 is 69.6 Å². The molecule has 1 aromatic rings. The van der Waals surface area contributed by atoms with Gasteiger partial charge >= 0.3 is 0 Å². The first kappa shape index (κ1) is 21.6. The summed E-state index contributed by atoms with van der Waals surface area (Å²) in [6.07, 6.45) is 0. The Bertz CT molecular complexity index is 440. The summed E-state index contributed by atoms with van der Waals surface area (Å²) < 4.78 is 9.69. The quantitative estimate of drug-likeness (QED) is 0.449. The van der Waals surface area contributed by atoms with Crippen molar-refractivity contribution < 1.29 is 0 Å². The molecule has 0 amide bonds. The largest absolute Gasteiger partial charge is 0.411 e. The van der Waals surface area contributed by atoms with Gasteiger partial charge in [-0.1, -0.05) is 18.2 Å². The zero-order valence-electron chi connectivity index (χ0n) is 12.7. The van der Waals surface area contributed by atoms with Crippen molar-refractivity contribution in [3.05, 3.63) is 30.3 Å². The predicted octanol–water partition coefficient (Wildman–Crippen LogP) is 1.33. The minimum atomic E-state index is -0.437. The lowest BCUT2D eigenvalue weighted by molar-refractivity contribution is 0.544. The molecular formula is C12H19Cl6N3Si3. The van der Waals surface area contributed by atoms with Gasteiger partial charge in [0, 0.05) is 5.69 Å². The fraction of sp³-hybridized carbons (Fsp3) is 0.500. The average molecular weight is 502 g/mol. The molecule has 3 rings (SSSR count). The number of halogens is 6. The number of alkyl halides is 6. The molecule has 1 aliphatic carbocycles. The molecule has 0 atom stereocenters. The topological polar surface area (TPSA) is 27.3 Å². The summed E-state index contributed by atoms with van der Waals surface area (Å²) in [5, 5.41) is -2.62. The van der Waals surface area contributed by atoms with E-state index < -0.39 is 32.3 Å².